The van der Waals surface area contributed by atoms with Gasteiger partial charge in [0.05, 0.1) is 29.9 Å². The third-order valence-corrected chi connectivity index (χ3v) is 5.05. The third-order valence-electron chi connectivity index (χ3n) is 5.05. The summed E-state index contributed by atoms with van der Waals surface area (Å²) < 4.78 is 11.0. The van der Waals surface area contributed by atoms with E-state index in [9.17, 15) is 19.7 Å². The summed E-state index contributed by atoms with van der Waals surface area (Å²) in [4.78, 5) is 35.1. The summed E-state index contributed by atoms with van der Waals surface area (Å²) in [7, 11) is 1.42. The molecule has 0 unspecified atom stereocenters. The minimum absolute atomic E-state index is 0.0450. The molecule has 0 aliphatic rings. The van der Waals surface area contributed by atoms with Crippen molar-refractivity contribution in [3.05, 3.63) is 93.5 Å². The van der Waals surface area contributed by atoms with E-state index in [1.807, 2.05) is 49.4 Å². The first-order valence-corrected chi connectivity index (χ1v) is 11.1. The quantitative estimate of drug-likeness (QED) is 0.233. The fourth-order valence-electron chi connectivity index (χ4n) is 3.15. The Labute approximate surface area is 208 Å². The second kappa shape index (κ2) is 12.7. The molecule has 0 radical (unpaired) electrons. The number of amides is 2. The molecule has 3 aromatic rings. The zero-order valence-electron chi connectivity index (χ0n) is 19.9. The molecule has 0 aromatic heterocycles. The topological polar surface area (TPSA) is 132 Å². The van der Waals surface area contributed by atoms with Gasteiger partial charge in [0.25, 0.3) is 5.69 Å². The van der Waals surface area contributed by atoms with Crippen molar-refractivity contribution in [3.63, 3.8) is 0 Å². The van der Waals surface area contributed by atoms with E-state index in [4.69, 9.17) is 9.47 Å². The first-order valence-electron chi connectivity index (χ1n) is 11.1. The van der Waals surface area contributed by atoms with Gasteiger partial charge in [-0.3, -0.25) is 19.7 Å². The van der Waals surface area contributed by atoms with Crippen LogP contribution in [0.15, 0.2) is 71.8 Å². The Kier molecular flexibility index (Phi) is 9.10. The molecule has 186 valence electrons. The van der Waals surface area contributed by atoms with Crippen molar-refractivity contribution in [3.8, 4) is 11.5 Å². The number of ether oxygens (including phenoxy) is 2. The minimum atomic E-state index is -0.576. The number of nitro benzene ring substituents is 1. The first kappa shape index (κ1) is 25.9. The van der Waals surface area contributed by atoms with Gasteiger partial charge in [-0.15, -0.1) is 0 Å². The zero-order chi connectivity index (χ0) is 25.9. The second-order valence-electron chi connectivity index (χ2n) is 7.80. The Bertz CT molecular complexity index is 1240. The molecule has 0 fully saturated rings. The molecule has 0 heterocycles. The van der Waals surface area contributed by atoms with Gasteiger partial charge in [-0.05, 0) is 30.7 Å². The fourth-order valence-corrected chi connectivity index (χ4v) is 3.15. The van der Waals surface area contributed by atoms with Gasteiger partial charge in [0, 0.05) is 18.5 Å². The van der Waals surface area contributed by atoms with E-state index in [1.54, 1.807) is 12.1 Å². The SMILES string of the molecule is COc1cc(C=NNC(=O)CCC(=O)Nc2ccc(C)cc2)c([N+](=O)[O-])cc1OCc1ccccc1. The lowest BCUT2D eigenvalue weighted by atomic mass is 10.1. The molecule has 10 heteroatoms. The Balaban J connectivity index is 1.59. The second-order valence-corrected chi connectivity index (χ2v) is 7.80. The highest BCUT2D eigenvalue weighted by atomic mass is 16.6. The highest BCUT2D eigenvalue weighted by Crippen LogP contribution is 2.34. The molecular weight excluding hydrogens is 464 g/mol. The van der Waals surface area contributed by atoms with Crippen molar-refractivity contribution >= 4 is 29.4 Å². The van der Waals surface area contributed by atoms with Crippen molar-refractivity contribution in [2.75, 3.05) is 12.4 Å². The monoisotopic (exact) mass is 490 g/mol. The van der Waals surface area contributed by atoms with Gasteiger partial charge in [-0.2, -0.15) is 5.10 Å². The molecule has 0 saturated carbocycles. The van der Waals surface area contributed by atoms with Crippen LogP contribution in [0.5, 0.6) is 11.5 Å². The summed E-state index contributed by atoms with van der Waals surface area (Å²) in [6.45, 7) is 2.14. The van der Waals surface area contributed by atoms with E-state index >= 15 is 0 Å². The Hall–Kier alpha value is -4.73. The molecule has 3 aromatic carbocycles. The average Bonchev–Trinajstić information content (AvgIpc) is 2.88. The highest BCUT2D eigenvalue weighted by molar-refractivity contribution is 5.93. The normalized spacial score (nSPS) is 10.6. The number of anilines is 1. The minimum Gasteiger partial charge on any atom is -0.493 e. The molecule has 3 rings (SSSR count). The Morgan fingerprint density at radius 1 is 1.00 bits per heavy atom. The largest absolute Gasteiger partial charge is 0.493 e. The molecule has 10 nitrogen and oxygen atoms in total. The number of hydrazone groups is 1. The molecular formula is C26H26N4O6. The molecule has 0 aliphatic carbocycles. The Morgan fingerprint density at radius 2 is 1.69 bits per heavy atom. The summed E-state index contributed by atoms with van der Waals surface area (Å²) in [5, 5.41) is 18.1. The van der Waals surface area contributed by atoms with E-state index in [2.05, 4.69) is 15.8 Å². The number of carbonyl (C=O) groups is 2. The molecule has 0 atom stereocenters. The van der Waals surface area contributed by atoms with E-state index in [0.717, 1.165) is 17.3 Å². The van der Waals surface area contributed by atoms with E-state index in [-0.39, 0.29) is 48.1 Å². The summed E-state index contributed by atoms with van der Waals surface area (Å²) in [6.07, 6.45) is 0.995. The van der Waals surface area contributed by atoms with Crippen LogP contribution in [0.4, 0.5) is 11.4 Å². The number of benzene rings is 3. The van der Waals surface area contributed by atoms with Crippen LogP contribution in [-0.4, -0.2) is 30.1 Å². The number of hydrogen-bond acceptors (Lipinski definition) is 7. The number of methoxy groups -OCH3 is 1. The number of hydrogen-bond donors (Lipinski definition) is 2. The van der Waals surface area contributed by atoms with Crippen molar-refractivity contribution in [2.45, 2.75) is 26.4 Å². The summed E-state index contributed by atoms with van der Waals surface area (Å²) in [6, 6.07) is 19.3. The number of carbonyl (C=O) groups excluding carboxylic acids is 2. The lowest BCUT2D eigenvalue weighted by Crippen LogP contribution is -2.20. The van der Waals surface area contributed by atoms with Crippen LogP contribution in [0.3, 0.4) is 0 Å². The lowest BCUT2D eigenvalue weighted by Gasteiger charge is -2.12. The lowest BCUT2D eigenvalue weighted by molar-refractivity contribution is -0.385. The van der Waals surface area contributed by atoms with Crippen molar-refractivity contribution < 1.29 is 24.0 Å². The standard InChI is InChI=1S/C26H26N4O6/c1-18-8-10-21(11-9-18)28-25(31)12-13-26(32)29-27-16-20-14-23(35-2)24(15-22(20)30(33)34)36-17-19-6-4-3-5-7-19/h3-11,14-16H,12-13,17H2,1-2H3,(H,28,31)(H,29,32). The first-order chi connectivity index (χ1) is 17.4. The van der Waals surface area contributed by atoms with Crippen LogP contribution in [0.2, 0.25) is 0 Å². The Morgan fingerprint density at radius 3 is 2.36 bits per heavy atom. The molecule has 36 heavy (non-hydrogen) atoms. The maximum atomic E-state index is 12.1. The van der Waals surface area contributed by atoms with Crippen LogP contribution in [-0.2, 0) is 16.2 Å². The number of nitro groups is 1. The van der Waals surface area contributed by atoms with Crippen LogP contribution in [0.25, 0.3) is 0 Å². The van der Waals surface area contributed by atoms with E-state index < -0.39 is 10.8 Å². The number of aryl methyl sites for hydroxylation is 1. The molecule has 0 spiro atoms. The van der Waals surface area contributed by atoms with Crippen LogP contribution < -0.4 is 20.2 Å². The zero-order valence-corrected chi connectivity index (χ0v) is 19.9. The van der Waals surface area contributed by atoms with Crippen LogP contribution in [0.1, 0.15) is 29.5 Å². The van der Waals surface area contributed by atoms with Crippen molar-refractivity contribution in [1.82, 2.24) is 5.43 Å². The average molecular weight is 491 g/mol. The highest BCUT2D eigenvalue weighted by Gasteiger charge is 2.19. The van der Waals surface area contributed by atoms with Gasteiger partial charge in [-0.25, -0.2) is 5.43 Å². The molecule has 0 saturated heterocycles. The third kappa shape index (κ3) is 7.66. The predicted molar refractivity (Wildman–Crippen MR) is 135 cm³/mol. The maximum absolute atomic E-state index is 12.1. The molecule has 0 bridgehead atoms. The van der Waals surface area contributed by atoms with Crippen LogP contribution in [0, 0.1) is 17.0 Å². The summed E-state index contributed by atoms with van der Waals surface area (Å²) >= 11 is 0. The van der Waals surface area contributed by atoms with Crippen molar-refractivity contribution in [1.29, 1.82) is 0 Å². The van der Waals surface area contributed by atoms with Gasteiger partial charge in [0.1, 0.15) is 6.61 Å². The summed E-state index contributed by atoms with van der Waals surface area (Å²) in [5.74, 6) is -0.349. The van der Waals surface area contributed by atoms with E-state index in [1.165, 1.54) is 19.2 Å². The van der Waals surface area contributed by atoms with Gasteiger partial charge >= 0.3 is 0 Å². The van der Waals surface area contributed by atoms with Crippen LogP contribution >= 0.6 is 0 Å². The number of nitrogens with one attached hydrogen (secondary N) is 2. The van der Waals surface area contributed by atoms with Gasteiger partial charge in [-0.1, -0.05) is 48.0 Å². The number of rotatable bonds is 11. The maximum Gasteiger partial charge on any atom is 0.282 e. The smallest absolute Gasteiger partial charge is 0.282 e. The summed E-state index contributed by atoms with van der Waals surface area (Å²) in [5.41, 5.74) is 4.72. The van der Waals surface area contributed by atoms with Gasteiger partial charge in [0.2, 0.25) is 11.8 Å². The van der Waals surface area contributed by atoms with Crippen molar-refractivity contribution in [2.24, 2.45) is 5.10 Å². The fraction of sp³-hybridized carbons (Fsp3) is 0.192. The molecule has 2 amide bonds. The number of nitrogens with zero attached hydrogens (tertiary/aromatic N) is 2. The molecule has 2 N–H and O–H groups in total. The van der Waals surface area contributed by atoms with Gasteiger partial charge < -0.3 is 14.8 Å². The molecule has 0 aliphatic heterocycles. The predicted octanol–water partition coefficient (Wildman–Crippen LogP) is 4.36. The van der Waals surface area contributed by atoms with E-state index in [0.29, 0.717) is 5.69 Å². The van der Waals surface area contributed by atoms with Gasteiger partial charge in [0.15, 0.2) is 11.5 Å².